The summed E-state index contributed by atoms with van der Waals surface area (Å²) in [5.74, 6) is -0.336. The highest BCUT2D eigenvalue weighted by Gasteiger charge is 2.43. The summed E-state index contributed by atoms with van der Waals surface area (Å²) in [6, 6.07) is 15.6. The van der Waals surface area contributed by atoms with E-state index < -0.39 is 0 Å². The summed E-state index contributed by atoms with van der Waals surface area (Å²) in [7, 11) is 0. The van der Waals surface area contributed by atoms with Crippen LogP contribution in [0.5, 0.6) is 0 Å². The number of fused-ring (bicyclic) bond motifs is 1. The van der Waals surface area contributed by atoms with Crippen molar-refractivity contribution < 1.29 is 9.59 Å². The second-order valence-electron chi connectivity index (χ2n) is 7.04. The second-order valence-corrected chi connectivity index (χ2v) is 9.60. The predicted molar refractivity (Wildman–Crippen MR) is 125 cm³/mol. The molecule has 0 aromatic heterocycles. The lowest BCUT2D eigenvalue weighted by atomic mass is 10.1. The zero-order valence-corrected chi connectivity index (χ0v) is 19.2. The number of rotatable bonds is 4. The van der Waals surface area contributed by atoms with Crippen LogP contribution in [-0.4, -0.2) is 27.1 Å². The van der Waals surface area contributed by atoms with Crippen molar-refractivity contribution in [1.29, 1.82) is 0 Å². The Kier molecular flexibility index (Phi) is 5.64. The summed E-state index contributed by atoms with van der Waals surface area (Å²) >= 11 is 10.2. The van der Waals surface area contributed by atoms with E-state index in [-0.39, 0.29) is 17.9 Å². The van der Waals surface area contributed by atoms with Crippen LogP contribution in [0.1, 0.15) is 31.4 Å². The molecule has 1 saturated heterocycles. The largest absolute Gasteiger partial charge is 0.303 e. The molecular weight excluding hydrogens is 468 g/mol. The first-order valence-electron chi connectivity index (χ1n) is 9.37. The minimum absolute atomic E-state index is 0.000457. The highest BCUT2D eigenvalue weighted by Crippen LogP contribution is 2.46. The van der Waals surface area contributed by atoms with E-state index in [1.54, 1.807) is 9.80 Å². The average molecular weight is 487 g/mol. The molecule has 2 heterocycles. The van der Waals surface area contributed by atoms with Gasteiger partial charge in [0.05, 0.1) is 22.7 Å². The monoisotopic (exact) mass is 486 g/mol. The van der Waals surface area contributed by atoms with Crippen LogP contribution in [0.4, 0.5) is 5.69 Å². The normalized spacial score (nSPS) is 19.9. The number of benzene rings is 2. The fraction of sp³-hybridized carbons (Fsp3) is 0.227. The van der Waals surface area contributed by atoms with E-state index in [1.807, 2.05) is 62.4 Å². The lowest BCUT2D eigenvalue weighted by Crippen LogP contribution is -2.36. The van der Waals surface area contributed by atoms with E-state index in [0.717, 1.165) is 27.7 Å². The van der Waals surface area contributed by atoms with Crippen LogP contribution in [0, 0.1) is 0 Å². The van der Waals surface area contributed by atoms with Crippen LogP contribution >= 0.6 is 39.9 Å². The van der Waals surface area contributed by atoms with Crippen molar-refractivity contribution in [1.82, 2.24) is 4.90 Å². The summed E-state index contributed by atoms with van der Waals surface area (Å²) in [5, 5.41) is 0. The van der Waals surface area contributed by atoms with Crippen molar-refractivity contribution in [2.45, 2.75) is 32.9 Å². The Morgan fingerprint density at radius 2 is 1.83 bits per heavy atom. The Labute approximate surface area is 188 Å². The van der Waals surface area contributed by atoms with Gasteiger partial charge in [0.1, 0.15) is 4.32 Å². The van der Waals surface area contributed by atoms with E-state index in [0.29, 0.717) is 21.3 Å². The van der Waals surface area contributed by atoms with Gasteiger partial charge in [-0.2, -0.15) is 0 Å². The molecule has 148 valence electrons. The molecular formula is C22H19BrN2O2S2. The Balaban J connectivity index is 1.82. The fourth-order valence-corrected chi connectivity index (χ4v) is 5.43. The maximum absolute atomic E-state index is 13.5. The number of thioether (sulfide) groups is 1. The van der Waals surface area contributed by atoms with Crippen LogP contribution in [0.2, 0.25) is 0 Å². The minimum Gasteiger partial charge on any atom is -0.303 e. The molecule has 2 amide bonds. The van der Waals surface area contributed by atoms with Gasteiger partial charge >= 0.3 is 0 Å². The molecule has 1 unspecified atom stereocenters. The summed E-state index contributed by atoms with van der Waals surface area (Å²) in [5.41, 5.74) is 3.05. The maximum atomic E-state index is 13.5. The smallest absolute Gasteiger partial charge is 0.267 e. The molecule has 2 aromatic carbocycles. The van der Waals surface area contributed by atoms with Gasteiger partial charge < -0.3 is 4.90 Å². The number of hydrogen-bond donors (Lipinski definition) is 0. The van der Waals surface area contributed by atoms with E-state index in [2.05, 4.69) is 15.9 Å². The third-order valence-corrected chi connectivity index (χ3v) is 7.11. The van der Waals surface area contributed by atoms with Gasteiger partial charge in [-0.05, 0) is 37.1 Å². The van der Waals surface area contributed by atoms with Crippen molar-refractivity contribution >= 4 is 67.3 Å². The van der Waals surface area contributed by atoms with Crippen LogP contribution < -0.4 is 4.90 Å². The zero-order valence-electron chi connectivity index (χ0n) is 16.0. The van der Waals surface area contributed by atoms with Gasteiger partial charge in [-0.15, -0.1) is 0 Å². The quantitative estimate of drug-likeness (QED) is 0.430. The lowest BCUT2D eigenvalue weighted by molar-refractivity contribution is -0.123. The van der Waals surface area contributed by atoms with Crippen molar-refractivity contribution in [3.05, 3.63) is 69.0 Å². The predicted octanol–water partition coefficient (Wildman–Crippen LogP) is 5.37. The van der Waals surface area contributed by atoms with Gasteiger partial charge in [-0.3, -0.25) is 14.5 Å². The average Bonchev–Trinajstić information content (AvgIpc) is 3.14. The molecule has 0 N–H and O–H groups in total. The molecule has 2 aliphatic rings. The SMILES string of the molecule is CCC(C)N1C(=O)/C(=C2/C(=O)N(Cc3ccccc3)c3ccc(Br)cc32)SC1=S. The molecule has 2 aromatic rings. The van der Waals surface area contributed by atoms with Crippen molar-refractivity contribution in [2.24, 2.45) is 0 Å². The molecule has 1 atom stereocenters. The molecule has 0 aliphatic carbocycles. The highest BCUT2D eigenvalue weighted by molar-refractivity contribution is 9.10. The summed E-state index contributed by atoms with van der Waals surface area (Å²) in [6.07, 6.45) is 0.797. The minimum atomic E-state index is -0.176. The number of carbonyl (C=O) groups excluding carboxylic acids is 2. The van der Waals surface area contributed by atoms with Gasteiger partial charge in [-0.1, -0.05) is 77.2 Å². The van der Waals surface area contributed by atoms with Crippen LogP contribution in [0.25, 0.3) is 5.57 Å². The number of thiocarbonyl (C=S) groups is 1. The highest BCUT2D eigenvalue weighted by atomic mass is 79.9. The second kappa shape index (κ2) is 8.05. The van der Waals surface area contributed by atoms with Crippen LogP contribution in [-0.2, 0) is 16.1 Å². The van der Waals surface area contributed by atoms with Gasteiger partial charge in [0, 0.05) is 16.1 Å². The number of halogens is 1. The Bertz CT molecular complexity index is 1050. The Morgan fingerprint density at radius 3 is 2.52 bits per heavy atom. The molecule has 4 nitrogen and oxygen atoms in total. The molecule has 0 spiro atoms. The third-order valence-electron chi connectivity index (χ3n) is 5.22. The van der Waals surface area contributed by atoms with E-state index in [4.69, 9.17) is 12.2 Å². The lowest BCUT2D eigenvalue weighted by Gasteiger charge is -2.21. The molecule has 0 bridgehead atoms. The standard InChI is InChI=1S/C22H19BrN2O2S2/c1-3-13(2)25-21(27)19(29-22(25)28)18-16-11-15(23)9-10-17(16)24(20(18)26)12-14-7-5-4-6-8-14/h4-11,13H,3,12H2,1-2H3/b19-18-. The number of amides is 2. The number of nitrogens with zero attached hydrogens (tertiary/aromatic N) is 2. The van der Waals surface area contributed by atoms with E-state index in [1.165, 1.54) is 11.8 Å². The van der Waals surface area contributed by atoms with Gasteiger partial charge in [0.25, 0.3) is 11.8 Å². The van der Waals surface area contributed by atoms with Gasteiger partial charge in [0.15, 0.2) is 0 Å². The van der Waals surface area contributed by atoms with Gasteiger partial charge in [0.2, 0.25) is 0 Å². The number of hydrogen-bond acceptors (Lipinski definition) is 4. The Hall–Kier alpha value is -1.96. The van der Waals surface area contributed by atoms with Crippen LogP contribution in [0.15, 0.2) is 57.9 Å². The first kappa shape index (κ1) is 20.3. The molecule has 2 aliphatic heterocycles. The van der Waals surface area contributed by atoms with Gasteiger partial charge in [-0.25, -0.2) is 0 Å². The van der Waals surface area contributed by atoms with Crippen molar-refractivity contribution in [3.8, 4) is 0 Å². The molecule has 1 fully saturated rings. The number of carbonyl (C=O) groups is 2. The first-order valence-corrected chi connectivity index (χ1v) is 11.4. The number of anilines is 1. The molecule has 29 heavy (non-hydrogen) atoms. The van der Waals surface area contributed by atoms with Crippen molar-refractivity contribution in [2.75, 3.05) is 4.90 Å². The maximum Gasteiger partial charge on any atom is 0.267 e. The zero-order chi connectivity index (χ0) is 20.7. The third kappa shape index (κ3) is 3.56. The molecule has 0 radical (unpaired) electrons. The Morgan fingerprint density at radius 1 is 1.10 bits per heavy atom. The van der Waals surface area contributed by atoms with Crippen molar-refractivity contribution in [3.63, 3.8) is 0 Å². The van der Waals surface area contributed by atoms with E-state index >= 15 is 0 Å². The summed E-state index contributed by atoms with van der Waals surface area (Å²) in [6.45, 7) is 4.44. The van der Waals surface area contributed by atoms with Crippen LogP contribution in [0.3, 0.4) is 0 Å². The molecule has 0 saturated carbocycles. The van der Waals surface area contributed by atoms with E-state index in [9.17, 15) is 9.59 Å². The summed E-state index contributed by atoms with van der Waals surface area (Å²) in [4.78, 5) is 30.5. The molecule has 4 rings (SSSR count). The fourth-order valence-electron chi connectivity index (χ4n) is 3.54. The summed E-state index contributed by atoms with van der Waals surface area (Å²) < 4.78 is 1.37. The molecule has 7 heteroatoms. The topological polar surface area (TPSA) is 40.6 Å². The first-order chi connectivity index (χ1) is 13.9.